The van der Waals surface area contributed by atoms with E-state index in [-0.39, 0.29) is 0 Å². The molecule has 3 nitrogen and oxygen atoms in total. The van der Waals surface area contributed by atoms with Gasteiger partial charge in [0, 0.05) is 19.1 Å². The van der Waals surface area contributed by atoms with Crippen molar-refractivity contribution in [3.8, 4) is 0 Å². The highest BCUT2D eigenvalue weighted by atomic mass is 79.9. The van der Waals surface area contributed by atoms with E-state index < -0.39 is 0 Å². The SMILES string of the molecule is CCc1nn(CC)c(CN2CCCC3CCCC32)c1Br. The van der Waals surface area contributed by atoms with Crippen LogP contribution in [0.3, 0.4) is 0 Å². The van der Waals surface area contributed by atoms with E-state index in [0.29, 0.717) is 0 Å². The molecule has 1 aromatic heterocycles. The Morgan fingerprint density at radius 3 is 2.75 bits per heavy atom. The average molecular weight is 340 g/mol. The zero-order valence-corrected chi connectivity index (χ0v) is 14.3. The second-order valence-electron chi connectivity index (χ2n) is 6.25. The van der Waals surface area contributed by atoms with E-state index in [0.717, 1.165) is 31.5 Å². The van der Waals surface area contributed by atoms with Crippen LogP contribution < -0.4 is 0 Å². The van der Waals surface area contributed by atoms with Crippen molar-refractivity contribution in [2.75, 3.05) is 6.54 Å². The van der Waals surface area contributed by atoms with Crippen LogP contribution in [0.25, 0.3) is 0 Å². The molecule has 2 aliphatic rings. The molecule has 2 heterocycles. The van der Waals surface area contributed by atoms with Crippen molar-refractivity contribution < 1.29 is 0 Å². The molecule has 1 aliphatic carbocycles. The van der Waals surface area contributed by atoms with Crippen LogP contribution in [0.5, 0.6) is 0 Å². The van der Waals surface area contributed by atoms with Crippen LogP contribution in [0, 0.1) is 5.92 Å². The van der Waals surface area contributed by atoms with E-state index in [1.165, 1.54) is 54.5 Å². The Labute approximate surface area is 130 Å². The third-order valence-electron chi connectivity index (χ3n) is 5.16. The van der Waals surface area contributed by atoms with Crippen LogP contribution in [0.4, 0.5) is 0 Å². The topological polar surface area (TPSA) is 21.1 Å². The maximum atomic E-state index is 4.74. The van der Waals surface area contributed by atoms with Crippen LogP contribution in [-0.4, -0.2) is 27.3 Å². The maximum Gasteiger partial charge on any atom is 0.0767 e. The normalized spacial score (nSPS) is 26.9. The van der Waals surface area contributed by atoms with Crippen molar-refractivity contribution in [3.05, 3.63) is 15.9 Å². The fraction of sp³-hybridized carbons (Fsp3) is 0.812. The van der Waals surface area contributed by atoms with Gasteiger partial charge in [0.2, 0.25) is 0 Å². The Balaban J connectivity index is 1.81. The molecule has 1 saturated carbocycles. The van der Waals surface area contributed by atoms with Gasteiger partial charge in [-0.15, -0.1) is 0 Å². The molecule has 1 aromatic rings. The number of fused-ring (bicyclic) bond motifs is 1. The minimum absolute atomic E-state index is 0.834. The van der Waals surface area contributed by atoms with Gasteiger partial charge in [-0.25, -0.2) is 0 Å². The summed E-state index contributed by atoms with van der Waals surface area (Å²) in [6.07, 6.45) is 8.13. The average Bonchev–Trinajstić information content (AvgIpc) is 3.05. The lowest BCUT2D eigenvalue weighted by Crippen LogP contribution is -2.42. The summed E-state index contributed by atoms with van der Waals surface area (Å²) in [5.74, 6) is 0.964. The van der Waals surface area contributed by atoms with Crippen LogP contribution in [-0.2, 0) is 19.5 Å². The monoisotopic (exact) mass is 339 g/mol. The summed E-state index contributed by atoms with van der Waals surface area (Å²) in [5.41, 5.74) is 2.60. The van der Waals surface area contributed by atoms with Crippen molar-refractivity contribution in [2.24, 2.45) is 5.92 Å². The van der Waals surface area contributed by atoms with Crippen molar-refractivity contribution in [3.63, 3.8) is 0 Å². The number of halogens is 1. The Morgan fingerprint density at radius 2 is 2.00 bits per heavy atom. The predicted molar refractivity (Wildman–Crippen MR) is 85.8 cm³/mol. The molecule has 0 N–H and O–H groups in total. The first kappa shape index (κ1) is 14.6. The van der Waals surface area contributed by atoms with E-state index in [1.807, 2.05) is 0 Å². The van der Waals surface area contributed by atoms with Gasteiger partial charge < -0.3 is 0 Å². The summed E-state index contributed by atoms with van der Waals surface area (Å²) >= 11 is 3.79. The number of aryl methyl sites for hydroxylation is 2. The van der Waals surface area contributed by atoms with Crippen molar-refractivity contribution in [1.29, 1.82) is 0 Å². The largest absolute Gasteiger partial charge is 0.294 e. The van der Waals surface area contributed by atoms with E-state index in [1.54, 1.807) is 0 Å². The first-order valence-electron chi connectivity index (χ1n) is 8.22. The number of hydrogen-bond donors (Lipinski definition) is 0. The molecule has 0 amide bonds. The van der Waals surface area contributed by atoms with Crippen LogP contribution >= 0.6 is 15.9 Å². The van der Waals surface area contributed by atoms with Gasteiger partial charge in [-0.05, 0) is 67.4 Å². The third-order valence-corrected chi connectivity index (χ3v) is 6.07. The molecule has 0 bridgehead atoms. The van der Waals surface area contributed by atoms with Gasteiger partial charge >= 0.3 is 0 Å². The fourth-order valence-corrected chi connectivity index (χ4v) is 4.80. The number of hydrogen-bond acceptors (Lipinski definition) is 2. The minimum atomic E-state index is 0.834. The lowest BCUT2D eigenvalue weighted by atomic mass is 9.92. The molecular formula is C16H26BrN3. The zero-order valence-electron chi connectivity index (χ0n) is 12.7. The van der Waals surface area contributed by atoms with Gasteiger partial charge in [0.25, 0.3) is 0 Å². The number of piperidine rings is 1. The first-order chi connectivity index (χ1) is 9.74. The van der Waals surface area contributed by atoms with Crippen molar-refractivity contribution in [1.82, 2.24) is 14.7 Å². The van der Waals surface area contributed by atoms with Crippen molar-refractivity contribution >= 4 is 15.9 Å². The molecular weight excluding hydrogens is 314 g/mol. The summed E-state index contributed by atoms with van der Waals surface area (Å²) in [5, 5.41) is 4.74. The quantitative estimate of drug-likeness (QED) is 0.826. The Kier molecular flexibility index (Phi) is 4.51. The van der Waals surface area contributed by atoms with E-state index in [2.05, 4.69) is 39.4 Å². The van der Waals surface area contributed by atoms with E-state index in [9.17, 15) is 0 Å². The van der Waals surface area contributed by atoms with E-state index in [4.69, 9.17) is 5.10 Å². The highest BCUT2D eigenvalue weighted by Gasteiger charge is 2.35. The van der Waals surface area contributed by atoms with Gasteiger partial charge in [-0.1, -0.05) is 13.3 Å². The molecule has 112 valence electrons. The van der Waals surface area contributed by atoms with Crippen molar-refractivity contribution in [2.45, 2.75) is 71.5 Å². The highest BCUT2D eigenvalue weighted by Crippen LogP contribution is 2.38. The predicted octanol–water partition coefficient (Wildman–Crippen LogP) is 3.99. The molecule has 3 rings (SSSR count). The molecule has 0 aromatic carbocycles. The molecule has 1 aliphatic heterocycles. The second-order valence-corrected chi connectivity index (χ2v) is 7.04. The number of rotatable bonds is 4. The summed E-state index contributed by atoms with van der Waals surface area (Å²) in [6.45, 7) is 7.68. The lowest BCUT2D eigenvalue weighted by molar-refractivity contribution is 0.102. The summed E-state index contributed by atoms with van der Waals surface area (Å²) < 4.78 is 3.45. The van der Waals surface area contributed by atoms with Crippen LogP contribution in [0.15, 0.2) is 4.47 Å². The molecule has 4 heteroatoms. The van der Waals surface area contributed by atoms with Crippen LogP contribution in [0.2, 0.25) is 0 Å². The smallest absolute Gasteiger partial charge is 0.0767 e. The summed E-state index contributed by atoms with van der Waals surface area (Å²) in [4.78, 5) is 2.73. The molecule has 20 heavy (non-hydrogen) atoms. The van der Waals surface area contributed by atoms with Gasteiger partial charge in [-0.3, -0.25) is 9.58 Å². The summed E-state index contributed by atoms with van der Waals surface area (Å²) in [6, 6.07) is 0.834. The van der Waals surface area contributed by atoms with Gasteiger partial charge in [0.1, 0.15) is 0 Å². The first-order valence-corrected chi connectivity index (χ1v) is 9.02. The van der Waals surface area contributed by atoms with E-state index >= 15 is 0 Å². The minimum Gasteiger partial charge on any atom is -0.294 e. The molecule has 0 spiro atoms. The number of nitrogens with zero attached hydrogens (tertiary/aromatic N) is 3. The second kappa shape index (κ2) is 6.18. The zero-order chi connectivity index (χ0) is 14.1. The van der Waals surface area contributed by atoms with Gasteiger partial charge in [0.05, 0.1) is 15.9 Å². The number of aromatic nitrogens is 2. The van der Waals surface area contributed by atoms with Gasteiger partial charge in [0.15, 0.2) is 0 Å². The Hall–Kier alpha value is -0.350. The molecule has 1 saturated heterocycles. The fourth-order valence-electron chi connectivity index (χ4n) is 4.11. The Bertz CT molecular complexity index is 469. The molecule has 2 fully saturated rings. The Morgan fingerprint density at radius 1 is 1.20 bits per heavy atom. The van der Waals surface area contributed by atoms with Crippen LogP contribution in [0.1, 0.15) is 57.3 Å². The van der Waals surface area contributed by atoms with Gasteiger partial charge in [-0.2, -0.15) is 5.10 Å². The summed E-state index contributed by atoms with van der Waals surface area (Å²) in [7, 11) is 0. The number of likely N-dealkylation sites (tertiary alicyclic amines) is 1. The maximum absolute atomic E-state index is 4.74. The highest BCUT2D eigenvalue weighted by molar-refractivity contribution is 9.10. The molecule has 2 atom stereocenters. The lowest BCUT2D eigenvalue weighted by Gasteiger charge is -2.37. The molecule has 2 unspecified atom stereocenters. The molecule has 0 radical (unpaired) electrons. The standard InChI is InChI=1S/C16H26BrN3/c1-3-13-16(17)15(20(4-2)18-13)11-19-10-6-8-12-7-5-9-14(12)19/h12,14H,3-11H2,1-2H3. The third kappa shape index (κ3) is 2.57.